The van der Waals surface area contributed by atoms with Crippen LogP contribution >= 0.6 is 23.2 Å². The molecule has 162 valence electrons. The van der Waals surface area contributed by atoms with Crippen LogP contribution in [-0.4, -0.2) is 52.7 Å². The summed E-state index contributed by atoms with van der Waals surface area (Å²) in [4.78, 5) is 25.2. The maximum Gasteiger partial charge on any atom is 0.410 e. The number of benzene rings is 2. The van der Waals surface area contributed by atoms with Gasteiger partial charge >= 0.3 is 6.09 Å². The SMILES string of the molecule is CC(C)(C)OC(=O)N1CCN(c2ncnc3cc(Cl)c(-c4ccccc4Cl)cc23)CC1. The largest absolute Gasteiger partial charge is 0.444 e. The molecule has 6 nitrogen and oxygen atoms in total. The Morgan fingerprint density at radius 2 is 1.68 bits per heavy atom. The highest BCUT2D eigenvalue weighted by Crippen LogP contribution is 2.37. The fraction of sp³-hybridized carbons (Fsp3) is 0.348. The van der Waals surface area contributed by atoms with Gasteiger partial charge in [0.2, 0.25) is 0 Å². The lowest BCUT2D eigenvalue weighted by Gasteiger charge is -2.36. The molecule has 0 aliphatic carbocycles. The van der Waals surface area contributed by atoms with Crippen LogP contribution < -0.4 is 4.90 Å². The third-order valence-electron chi connectivity index (χ3n) is 5.10. The van der Waals surface area contributed by atoms with Gasteiger partial charge in [-0.2, -0.15) is 0 Å². The van der Waals surface area contributed by atoms with Crippen LogP contribution in [0.2, 0.25) is 10.0 Å². The number of hydrogen-bond donors (Lipinski definition) is 0. The highest BCUT2D eigenvalue weighted by atomic mass is 35.5. The lowest BCUT2D eigenvalue weighted by Crippen LogP contribution is -2.50. The van der Waals surface area contributed by atoms with Gasteiger partial charge in [-0.25, -0.2) is 14.8 Å². The molecule has 0 atom stereocenters. The highest BCUT2D eigenvalue weighted by molar-refractivity contribution is 6.37. The zero-order chi connectivity index (χ0) is 22.2. The number of carbonyl (C=O) groups is 1. The molecule has 2 aromatic carbocycles. The van der Waals surface area contributed by atoms with E-state index < -0.39 is 5.60 Å². The van der Waals surface area contributed by atoms with Crippen molar-refractivity contribution in [2.45, 2.75) is 26.4 Å². The third kappa shape index (κ3) is 4.70. The first kappa shape index (κ1) is 21.7. The van der Waals surface area contributed by atoms with E-state index in [2.05, 4.69) is 14.9 Å². The van der Waals surface area contributed by atoms with E-state index in [1.807, 2.05) is 57.2 Å². The van der Waals surface area contributed by atoms with Crippen LogP contribution in [-0.2, 0) is 4.74 Å². The molecule has 1 aliphatic rings. The number of piperazine rings is 1. The Bertz CT molecular complexity index is 1120. The molecule has 1 amide bonds. The van der Waals surface area contributed by atoms with E-state index in [1.165, 1.54) is 0 Å². The second-order valence-corrected chi connectivity index (χ2v) is 9.30. The van der Waals surface area contributed by atoms with Gasteiger partial charge in [0.1, 0.15) is 17.7 Å². The molecule has 0 N–H and O–H groups in total. The second kappa shape index (κ2) is 8.52. The van der Waals surface area contributed by atoms with E-state index >= 15 is 0 Å². The topological polar surface area (TPSA) is 58.6 Å². The molecule has 4 rings (SSSR count). The minimum Gasteiger partial charge on any atom is -0.444 e. The summed E-state index contributed by atoms with van der Waals surface area (Å²) in [6.45, 7) is 8.03. The Labute approximate surface area is 191 Å². The number of hydrogen-bond acceptors (Lipinski definition) is 5. The smallest absolute Gasteiger partial charge is 0.410 e. The molecule has 0 spiro atoms. The zero-order valence-electron chi connectivity index (χ0n) is 17.7. The maximum absolute atomic E-state index is 12.4. The van der Waals surface area contributed by atoms with E-state index in [4.69, 9.17) is 27.9 Å². The average molecular weight is 459 g/mol. The van der Waals surface area contributed by atoms with Crippen LogP contribution in [0.25, 0.3) is 22.0 Å². The summed E-state index contributed by atoms with van der Waals surface area (Å²) in [6.07, 6.45) is 1.26. The van der Waals surface area contributed by atoms with Gasteiger partial charge in [0.05, 0.1) is 10.5 Å². The van der Waals surface area contributed by atoms with Gasteiger partial charge in [-0.15, -0.1) is 0 Å². The highest BCUT2D eigenvalue weighted by Gasteiger charge is 2.27. The van der Waals surface area contributed by atoms with E-state index in [-0.39, 0.29) is 6.09 Å². The van der Waals surface area contributed by atoms with Crippen molar-refractivity contribution in [3.05, 3.63) is 52.8 Å². The lowest BCUT2D eigenvalue weighted by atomic mass is 10.0. The fourth-order valence-electron chi connectivity index (χ4n) is 3.63. The molecule has 2 heterocycles. The summed E-state index contributed by atoms with van der Waals surface area (Å²) in [7, 11) is 0. The summed E-state index contributed by atoms with van der Waals surface area (Å²) in [6, 6.07) is 11.4. The van der Waals surface area contributed by atoms with Crippen LogP contribution in [0, 0.1) is 0 Å². The second-order valence-electron chi connectivity index (χ2n) is 8.48. The number of carbonyl (C=O) groups excluding carboxylic acids is 1. The van der Waals surface area contributed by atoms with Crippen LogP contribution in [0.1, 0.15) is 20.8 Å². The van der Waals surface area contributed by atoms with E-state index in [1.54, 1.807) is 11.2 Å². The molecule has 0 bridgehead atoms. The average Bonchev–Trinajstić information content (AvgIpc) is 2.72. The van der Waals surface area contributed by atoms with Gasteiger partial charge in [-0.05, 0) is 39.0 Å². The van der Waals surface area contributed by atoms with Gasteiger partial charge in [0.25, 0.3) is 0 Å². The van der Waals surface area contributed by atoms with E-state index in [9.17, 15) is 4.79 Å². The summed E-state index contributed by atoms with van der Waals surface area (Å²) in [5.74, 6) is 0.818. The Hall–Kier alpha value is -2.57. The van der Waals surface area contributed by atoms with Crippen molar-refractivity contribution in [1.82, 2.24) is 14.9 Å². The van der Waals surface area contributed by atoms with Gasteiger partial charge in [0, 0.05) is 47.7 Å². The van der Waals surface area contributed by atoms with Gasteiger partial charge < -0.3 is 14.5 Å². The molecular weight excluding hydrogens is 435 g/mol. The Kier molecular flexibility index (Phi) is 5.95. The minimum absolute atomic E-state index is 0.285. The summed E-state index contributed by atoms with van der Waals surface area (Å²) >= 11 is 13.0. The van der Waals surface area contributed by atoms with Crippen molar-refractivity contribution in [3.63, 3.8) is 0 Å². The number of aromatic nitrogens is 2. The first-order valence-corrected chi connectivity index (χ1v) is 10.9. The molecule has 0 unspecified atom stereocenters. The maximum atomic E-state index is 12.4. The third-order valence-corrected chi connectivity index (χ3v) is 5.74. The first-order chi connectivity index (χ1) is 14.7. The standard InChI is InChI=1S/C23H24Cl2N4O2/c1-23(2,3)31-22(30)29-10-8-28(9-11-29)21-17-12-16(15-6-4-5-7-18(15)24)19(25)13-20(17)26-14-27-21/h4-7,12-14H,8-11H2,1-3H3. The quantitative estimate of drug-likeness (QED) is 0.495. The zero-order valence-corrected chi connectivity index (χ0v) is 19.2. The molecule has 1 fully saturated rings. The molecular formula is C23H24Cl2N4O2. The van der Waals surface area contributed by atoms with Crippen molar-refractivity contribution < 1.29 is 9.53 Å². The number of anilines is 1. The van der Waals surface area contributed by atoms with Crippen LogP contribution in [0.5, 0.6) is 0 Å². The van der Waals surface area contributed by atoms with Crippen molar-refractivity contribution in [3.8, 4) is 11.1 Å². The molecule has 8 heteroatoms. The summed E-state index contributed by atoms with van der Waals surface area (Å²) in [5, 5.41) is 2.11. The molecule has 1 aromatic heterocycles. The molecule has 0 saturated carbocycles. The van der Waals surface area contributed by atoms with Crippen molar-refractivity contribution in [2.75, 3.05) is 31.1 Å². The number of halogens is 2. The number of ether oxygens (including phenoxy) is 1. The van der Waals surface area contributed by atoms with Gasteiger partial charge in [-0.3, -0.25) is 0 Å². The number of nitrogens with zero attached hydrogens (tertiary/aromatic N) is 4. The predicted molar refractivity (Wildman–Crippen MR) is 125 cm³/mol. The van der Waals surface area contributed by atoms with Crippen molar-refractivity contribution in [2.24, 2.45) is 0 Å². The molecule has 0 radical (unpaired) electrons. The fourth-order valence-corrected chi connectivity index (χ4v) is 4.13. The summed E-state index contributed by atoms with van der Waals surface area (Å²) in [5.41, 5.74) is 1.95. The van der Waals surface area contributed by atoms with Crippen LogP contribution in [0.4, 0.5) is 10.6 Å². The first-order valence-electron chi connectivity index (χ1n) is 10.1. The monoisotopic (exact) mass is 458 g/mol. The Morgan fingerprint density at radius 1 is 0.968 bits per heavy atom. The normalized spacial score (nSPS) is 14.7. The van der Waals surface area contributed by atoms with Crippen molar-refractivity contribution >= 4 is 46.0 Å². The van der Waals surface area contributed by atoms with Crippen LogP contribution in [0.15, 0.2) is 42.7 Å². The minimum atomic E-state index is -0.508. The molecule has 3 aromatic rings. The van der Waals surface area contributed by atoms with Crippen molar-refractivity contribution in [1.29, 1.82) is 0 Å². The molecule has 1 aliphatic heterocycles. The number of rotatable bonds is 2. The Morgan fingerprint density at radius 3 is 2.35 bits per heavy atom. The van der Waals surface area contributed by atoms with Crippen LogP contribution in [0.3, 0.4) is 0 Å². The van der Waals surface area contributed by atoms with Gasteiger partial charge in [0.15, 0.2) is 0 Å². The lowest BCUT2D eigenvalue weighted by molar-refractivity contribution is 0.0240. The number of amides is 1. The molecule has 31 heavy (non-hydrogen) atoms. The summed E-state index contributed by atoms with van der Waals surface area (Å²) < 4.78 is 5.49. The number of fused-ring (bicyclic) bond motifs is 1. The van der Waals surface area contributed by atoms with E-state index in [0.29, 0.717) is 36.2 Å². The van der Waals surface area contributed by atoms with Gasteiger partial charge in [-0.1, -0.05) is 41.4 Å². The van der Waals surface area contributed by atoms with E-state index in [0.717, 1.165) is 27.8 Å². The predicted octanol–water partition coefficient (Wildman–Crippen LogP) is 5.66. The molecule has 1 saturated heterocycles. The Balaban J connectivity index is 1.63.